The van der Waals surface area contributed by atoms with Crippen molar-refractivity contribution in [3.63, 3.8) is 0 Å². The van der Waals surface area contributed by atoms with Crippen molar-refractivity contribution in [2.45, 2.75) is 39.2 Å². The van der Waals surface area contributed by atoms with Crippen molar-refractivity contribution in [1.29, 1.82) is 5.26 Å². The van der Waals surface area contributed by atoms with E-state index in [-0.39, 0.29) is 30.1 Å². The lowest BCUT2D eigenvalue weighted by molar-refractivity contribution is -0.137. The van der Waals surface area contributed by atoms with E-state index in [1.165, 1.54) is 4.68 Å². The Morgan fingerprint density at radius 2 is 1.84 bits per heavy atom. The number of hydrogen-bond donors (Lipinski definition) is 3. The first-order valence-corrected chi connectivity index (χ1v) is 10.1. The van der Waals surface area contributed by atoms with Crippen molar-refractivity contribution in [3.8, 4) is 11.8 Å². The van der Waals surface area contributed by atoms with Gasteiger partial charge in [-0.2, -0.15) is 5.26 Å². The average Bonchev–Trinajstić information content (AvgIpc) is 3.04. The zero-order valence-electron chi connectivity index (χ0n) is 17.6. The molecule has 9 heteroatoms. The number of azo groups is 1. The standard InChI is InChI=1S/C23H23N5O4/c1-15-21(23(32)28(27-15)13-5-10-20(29)30)26-25-19-9-4-8-17(22(19)31)12-11-16-6-2-3-7-18(16)14-24/h2-4,6-9,27,31H,5,10-13H2,1H3,(H,29,30). The van der Waals surface area contributed by atoms with Crippen LogP contribution in [0.15, 0.2) is 57.5 Å². The third-order valence-electron chi connectivity index (χ3n) is 5.04. The molecule has 0 aliphatic rings. The number of aryl methyl sites for hydroxylation is 4. The Labute approximate surface area is 184 Å². The lowest BCUT2D eigenvalue weighted by Crippen LogP contribution is -2.17. The summed E-state index contributed by atoms with van der Waals surface area (Å²) in [6, 6.07) is 14.6. The van der Waals surface area contributed by atoms with Crippen LogP contribution in [0.5, 0.6) is 5.75 Å². The van der Waals surface area contributed by atoms with Crippen molar-refractivity contribution in [2.24, 2.45) is 10.2 Å². The summed E-state index contributed by atoms with van der Waals surface area (Å²) in [7, 11) is 0. The van der Waals surface area contributed by atoms with Crippen LogP contribution in [0, 0.1) is 18.3 Å². The monoisotopic (exact) mass is 433 g/mol. The molecule has 3 rings (SSSR count). The van der Waals surface area contributed by atoms with E-state index in [2.05, 4.69) is 21.4 Å². The molecule has 32 heavy (non-hydrogen) atoms. The molecule has 3 N–H and O–H groups in total. The van der Waals surface area contributed by atoms with E-state index in [0.29, 0.717) is 36.1 Å². The summed E-state index contributed by atoms with van der Waals surface area (Å²) in [5.74, 6) is -0.951. The highest BCUT2D eigenvalue weighted by atomic mass is 16.4. The molecule has 0 atom stereocenters. The van der Waals surface area contributed by atoms with E-state index < -0.39 is 11.5 Å². The number of rotatable bonds is 9. The number of hydrogen-bond acceptors (Lipinski definition) is 6. The van der Waals surface area contributed by atoms with Gasteiger partial charge in [-0.15, -0.1) is 10.2 Å². The number of aromatic amines is 1. The van der Waals surface area contributed by atoms with E-state index in [9.17, 15) is 20.0 Å². The summed E-state index contributed by atoms with van der Waals surface area (Å²) < 4.78 is 1.30. The summed E-state index contributed by atoms with van der Waals surface area (Å²) in [5.41, 5.74) is 2.59. The molecule has 0 bridgehead atoms. The van der Waals surface area contributed by atoms with E-state index in [1.54, 1.807) is 31.2 Å². The molecule has 164 valence electrons. The largest absolute Gasteiger partial charge is 0.505 e. The van der Waals surface area contributed by atoms with Crippen molar-refractivity contribution in [3.05, 3.63) is 75.2 Å². The highest BCUT2D eigenvalue weighted by molar-refractivity contribution is 5.66. The molecule has 0 amide bonds. The zero-order chi connectivity index (χ0) is 23.1. The Kier molecular flexibility index (Phi) is 7.18. The smallest absolute Gasteiger partial charge is 0.303 e. The number of nitrogens with one attached hydrogen (secondary N) is 1. The number of carboxylic acid groups (broad SMARTS) is 1. The number of phenolic OH excluding ortho intramolecular Hbond substituents is 1. The van der Waals surface area contributed by atoms with Gasteiger partial charge < -0.3 is 10.2 Å². The molecule has 1 aromatic heterocycles. The normalized spacial score (nSPS) is 11.0. The number of aromatic nitrogens is 2. The summed E-state index contributed by atoms with van der Waals surface area (Å²) >= 11 is 0. The molecular weight excluding hydrogens is 410 g/mol. The number of H-pyrrole nitrogens is 1. The first-order chi connectivity index (χ1) is 15.4. The van der Waals surface area contributed by atoms with E-state index in [0.717, 1.165) is 5.56 Å². The van der Waals surface area contributed by atoms with Crippen LogP contribution in [0.25, 0.3) is 0 Å². The molecule has 0 spiro atoms. The second-order valence-electron chi connectivity index (χ2n) is 7.29. The maximum atomic E-state index is 12.5. The van der Waals surface area contributed by atoms with Crippen LogP contribution in [0.2, 0.25) is 0 Å². The van der Waals surface area contributed by atoms with Gasteiger partial charge in [-0.05, 0) is 49.4 Å². The van der Waals surface area contributed by atoms with Crippen molar-refractivity contribution in [1.82, 2.24) is 9.78 Å². The quantitative estimate of drug-likeness (QED) is 0.435. The SMILES string of the molecule is Cc1[nH]n(CCCC(=O)O)c(=O)c1N=Nc1cccc(CCc2ccccc2C#N)c1O. The lowest BCUT2D eigenvalue weighted by Gasteiger charge is -2.07. The van der Waals surface area contributed by atoms with Crippen LogP contribution >= 0.6 is 0 Å². The van der Waals surface area contributed by atoms with Gasteiger partial charge in [0.15, 0.2) is 5.69 Å². The number of para-hydroxylation sites is 1. The Morgan fingerprint density at radius 1 is 1.12 bits per heavy atom. The van der Waals surface area contributed by atoms with Gasteiger partial charge in [0, 0.05) is 13.0 Å². The predicted octanol–water partition coefficient (Wildman–Crippen LogP) is 4.13. The highest BCUT2D eigenvalue weighted by Crippen LogP contribution is 2.32. The first-order valence-electron chi connectivity index (χ1n) is 10.1. The van der Waals surface area contributed by atoms with Gasteiger partial charge in [0.1, 0.15) is 11.4 Å². The number of nitrogens with zero attached hydrogens (tertiary/aromatic N) is 4. The molecule has 0 aliphatic carbocycles. The predicted molar refractivity (Wildman–Crippen MR) is 118 cm³/mol. The summed E-state index contributed by atoms with van der Waals surface area (Å²) in [6.07, 6.45) is 1.35. The molecular formula is C23H23N5O4. The molecule has 0 unspecified atom stereocenters. The molecule has 3 aromatic rings. The van der Waals surface area contributed by atoms with Crippen LogP contribution in [-0.2, 0) is 24.2 Å². The number of carbonyl (C=O) groups is 1. The fourth-order valence-corrected chi connectivity index (χ4v) is 3.34. The zero-order valence-corrected chi connectivity index (χ0v) is 17.6. The fraction of sp³-hybridized carbons (Fsp3) is 0.261. The summed E-state index contributed by atoms with van der Waals surface area (Å²) in [5, 5.41) is 39.5. The number of benzene rings is 2. The minimum atomic E-state index is -0.923. The lowest BCUT2D eigenvalue weighted by atomic mass is 9.99. The van der Waals surface area contributed by atoms with Gasteiger partial charge in [-0.1, -0.05) is 30.3 Å². The average molecular weight is 433 g/mol. The Bertz CT molecular complexity index is 1250. The maximum Gasteiger partial charge on any atom is 0.303 e. The van der Waals surface area contributed by atoms with E-state index in [1.807, 2.05) is 18.2 Å². The second-order valence-corrected chi connectivity index (χ2v) is 7.29. The van der Waals surface area contributed by atoms with Gasteiger partial charge in [0.05, 0.1) is 17.3 Å². The minimum Gasteiger partial charge on any atom is -0.505 e. The van der Waals surface area contributed by atoms with Crippen LogP contribution in [0.3, 0.4) is 0 Å². The fourth-order valence-electron chi connectivity index (χ4n) is 3.34. The number of carboxylic acids is 1. The topological polar surface area (TPSA) is 144 Å². The molecule has 1 heterocycles. The maximum absolute atomic E-state index is 12.5. The molecule has 0 fully saturated rings. The summed E-state index contributed by atoms with van der Waals surface area (Å²) in [6.45, 7) is 1.90. The number of aliphatic carboxylic acids is 1. The van der Waals surface area contributed by atoms with Gasteiger partial charge in [-0.25, -0.2) is 0 Å². The Morgan fingerprint density at radius 3 is 2.59 bits per heavy atom. The van der Waals surface area contributed by atoms with Gasteiger partial charge >= 0.3 is 5.97 Å². The first kappa shape index (κ1) is 22.5. The Balaban J connectivity index is 1.76. The van der Waals surface area contributed by atoms with Crippen LogP contribution < -0.4 is 5.56 Å². The van der Waals surface area contributed by atoms with E-state index >= 15 is 0 Å². The molecule has 0 saturated carbocycles. The third-order valence-corrected chi connectivity index (χ3v) is 5.04. The van der Waals surface area contributed by atoms with Gasteiger partial charge in [-0.3, -0.25) is 19.4 Å². The van der Waals surface area contributed by atoms with E-state index in [4.69, 9.17) is 5.11 Å². The number of aromatic hydroxyl groups is 1. The molecule has 0 radical (unpaired) electrons. The molecule has 0 aliphatic heterocycles. The van der Waals surface area contributed by atoms with Crippen molar-refractivity contribution in [2.75, 3.05) is 0 Å². The molecule has 9 nitrogen and oxygen atoms in total. The number of nitriles is 1. The van der Waals surface area contributed by atoms with Crippen LogP contribution in [0.1, 0.15) is 35.2 Å². The number of phenols is 1. The molecule has 0 saturated heterocycles. The van der Waals surface area contributed by atoms with Crippen molar-refractivity contribution < 1.29 is 15.0 Å². The highest BCUT2D eigenvalue weighted by Gasteiger charge is 2.13. The van der Waals surface area contributed by atoms with Gasteiger partial charge in [0.2, 0.25) is 0 Å². The van der Waals surface area contributed by atoms with Crippen LogP contribution in [0.4, 0.5) is 11.4 Å². The van der Waals surface area contributed by atoms with Gasteiger partial charge in [0.25, 0.3) is 5.56 Å². The second kappa shape index (κ2) is 10.2. The minimum absolute atomic E-state index is 0.0272. The van der Waals surface area contributed by atoms with Crippen LogP contribution in [-0.4, -0.2) is 26.0 Å². The Hall–Kier alpha value is -4.19. The summed E-state index contributed by atoms with van der Waals surface area (Å²) in [4.78, 5) is 23.2. The molecule has 2 aromatic carbocycles. The third kappa shape index (κ3) is 5.29. The van der Waals surface area contributed by atoms with Crippen molar-refractivity contribution >= 4 is 17.3 Å².